The fourth-order valence-corrected chi connectivity index (χ4v) is 1.54. The van der Waals surface area contributed by atoms with Gasteiger partial charge in [-0.15, -0.1) is 0 Å². The fraction of sp³-hybridized carbons (Fsp3) is 0.300. The minimum atomic E-state index is -2.85. The van der Waals surface area contributed by atoms with Gasteiger partial charge in [-0.25, -0.2) is 13.2 Å². The molecule has 0 bridgehead atoms. The second-order valence-corrected chi connectivity index (χ2v) is 3.73. The van der Waals surface area contributed by atoms with Gasteiger partial charge in [0.15, 0.2) is 5.82 Å². The monoisotopic (exact) mass is 230 g/mol. The highest BCUT2D eigenvalue weighted by atomic mass is 19.3. The lowest BCUT2D eigenvalue weighted by atomic mass is 10.1. The standard InChI is InChI=1S/C10H9F3N2O/c11-8-6(2-1-3-7(8)14)9(16)15-4-10(12,13)5-15/h1-3H,4-5,14H2. The summed E-state index contributed by atoms with van der Waals surface area (Å²) >= 11 is 0. The van der Waals surface area contributed by atoms with Crippen molar-refractivity contribution in [3.63, 3.8) is 0 Å². The normalized spacial score (nSPS) is 18.1. The van der Waals surface area contributed by atoms with E-state index in [1.54, 1.807) is 0 Å². The van der Waals surface area contributed by atoms with Gasteiger partial charge in [0, 0.05) is 0 Å². The van der Waals surface area contributed by atoms with E-state index >= 15 is 0 Å². The third-order valence-corrected chi connectivity index (χ3v) is 2.39. The zero-order valence-corrected chi connectivity index (χ0v) is 8.21. The first-order valence-corrected chi connectivity index (χ1v) is 4.62. The van der Waals surface area contributed by atoms with Crippen LogP contribution in [0.5, 0.6) is 0 Å². The van der Waals surface area contributed by atoms with Gasteiger partial charge in [0.25, 0.3) is 11.8 Å². The highest BCUT2D eigenvalue weighted by Crippen LogP contribution is 2.29. The summed E-state index contributed by atoms with van der Waals surface area (Å²) in [6, 6.07) is 3.94. The van der Waals surface area contributed by atoms with Crippen LogP contribution in [0.2, 0.25) is 0 Å². The lowest BCUT2D eigenvalue weighted by Gasteiger charge is -2.38. The number of anilines is 1. The molecule has 1 saturated heterocycles. The number of rotatable bonds is 1. The lowest BCUT2D eigenvalue weighted by molar-refractivity contribution is -0.113. The van der Waals surface area contributed by atoms with Crippen molar-refractivity contribution in [1.82, 2.24) is 4.90 Å². The van der Waals surface area contributed by atoms with Crippen molar-refractivity contribution in [3.05, 3.63) is 29.6 Å². The van der Waals surface area contributed by atoms with Crippen molar-refractivity contribution in [1.29, 1.82) is 0 Å². The lowest BCUT2D eigenvalue weighted by Crippen LogP contribution is -2.58. The molecule has 86 valence electrons. The molecular formula is C10H9F3N2O. The van der Waals surface area contributed by atoms with Crippen molar-refractivity contribution in [3.8, 4) is 0 Å². The quantitative estimate of drug-likeness (QED) is 0.743. The van der Waals surface area contributed by atoms with E-state index in [0.717, 1.165) is 4.90 Å². The van der Waals surface area contributed by atoms with Gasteiger partial charge in [0.05, 0.1) is 24.3 Å². The first kappa shape index (κ1) is 10.8. The number of benzene rings is 1. The molecule has 0 spiro atoms. The molecule has 0 radical (unpaired) electrons. The summed E-state index contributed by atoms with van der Waals surface area (Å²) in [4.78, 5) is 12.5. The average Bonchev–Trinajstić information content (AvgIpc) is 2.17. The molecule has 2 rings (SSSR count). The van der Waals surface area contributed by atoms with Gasteiger partial charge in [0.1, 0.15) is 0 Å². The number of alkyl halides is 2. The largest absolute Gasteiger partial charge is 0.396 e. The van der Waals surface area contributed by atoms with E-state index in [0.29, 0.717) is 0 Å². The molecule has 1 aromatic rings. The van der Waals surface area contributed by atoms with Gasteiger partial charge in [-0.2, -0.15) is 0 Å². The van der Waals surface area contributed by atoms with Gasteiger partial charge in [-0.3, -0.25) is 4.79 Å². The van der Waals surface area contributed by atoms with E-state index in [4.69, 9.17) is 5.73 Å². The summed E-state index contributed by atoms with van der Waals surface area (Å²) in [7, 11) is 0. The summed E-state index contributed by atoms with van der Waals surface area (Å²) in [5, 5.41) is 0. The molecule has 1 aliphatic rings. The van der Waals surface area contributed by atoms with Gasteiger partial charge in [-0.05, 0) is 12.1 Å². The summed E-state index contributed by atoms with van der Waals surface area (Å²) < 4.78 is 38.5. The number of hydrogen-bond acceptors (Lipinski definition) is 2. The average molecular weight is 230 g/mol. The van der Waals surface area contributed by atoms with Gasteiger partial charge >= 0.3 is 0 Å². The molecule has 1 heterocycles. The van der Waals surface area contributed by atoms with Crippen molar-refractivity contribution in [2.24, 2.45) is 0 Å². The summed E-state index contributed by atoms with van der Waals surface area (Å²) in [6.45, 7) is -1.33. The van der Waals surface area contributed by atoms with Crippen LogP contribution in [-0.4, -0.2) is 29.8 Å². The number of carbonyl (C=O) groups is 1. The van der Waals surface area contributed by atoms with Crippen LogP contribution in [0.25, 0.3) is 0 Å². The Bertz CT molecular complexity index is 440. The second-order valence-electron chi connectivity index (χ2n) is 3.73. The van der Waals surface area contributed by atoms with Crippen LogP contribution in [0, 0.1) is 5.82 Å². The highest BCUT2D eigenvalue weighted by molar-refractivity contribution is 5.96. The van der Waals surface area contributed by atoms with Gasteiger partial charge in [-0.1, -0.05) is 6.07 Å². The maximum absolute atomic E-state index is 13.4. The summed E-state index contributed by atoms with van der Waals surface area (Å²) in [5.74, 6) is -4.47. The third kappa shape index (κ3) is 1.70. The molecule has 1 fully saturated rings. The molecule has 0 unspecified atom stereocenters. The van der Waals surface area contributed by atoms with Crippen LogP contribution in [0.4, 0.5) is 18.9 Å². The molecule has 16 heavy (non-hydrogen) atoms. The van der Waals surface area contributed by atoms with Crippen LogP contribution >= 0.6 is 0 Å². The Labute approximate surface area is 89.6 Å². The topological polar surface area (TPSA) is 46.3 Å². The molecular weight excluding hydrogens is 221 g/mol. The number of nitrogen functional groups attached to an aromatic ring is 1. The van der Waals surface area contributed by atoms with E-state index in [1.807, 2.05) is 0 Å². The van der Waals surface area contributed by atoms with E-state index in [-0.39, 0.29) is 11.3 Å². The maximum Gasteiger partial charge on any atom is 0.282 e. The Morgan fingerprint density at radius 3 is 2.56 bits per heavy atom. The molecule has 0 saturated carbocycles. The fourth-order valence-electron chi connectivity index (χ4n) is 1.54. The van der Waals surface area contributed by atoms with Crippen LogP contribution in [0.15, 0.2) is 18.2 Å². The zero-order valence-electron chi connectivity index (χ0n) is 8.21. The first-order chi connectivity index (χ1) is 7.41. The smallest absolute Gasteiger partial charge is 0.282 e. The van der Waals surface area contributed by atoms with Crippen molar-refractivity contribution < 1.29 is 18.0 Å². The molecule has 1 aliphatic heterocycles. The number of halogens is 3. The Morgan fingerprint density at radius 2 is 2.00 bits per heavy atom. The predicted octanol–water partition coefficient (Wildman–Crippen LogP) is 1.50. The first-order valence-electron chi connectivity index (χ1n) is 4.62. The SMILES string of the molecule is Nc1cccc(C(=O)N2CC(F)(F)C2)c1F. The molecule has 0 atom stereocenters. The number of likely N-dealkylation sites (tertiary alicyclic amines) is 1. The van der Waals surface area contributed by atoms with Gasteiger partial charge in [0.2, 0.25) is 0 Å². The third-order valence-electron chi connectivity index (χ3n) is 2.39. The predicted molar refractivity (Wildman–Crippen MR) is 51.7 cm³/mol. The number of amides is 1. The number of nitrogens with two attached hydrogens (primary N) is 1. The molecule has 6 heteroatoms. The molecule has 1 aromatic carbocycles. The van der Waals surface area contributed by atoms with E-state index in [9.17, 15) is 18.0 Å². The van der Waals surface area contributed by atoms with Crippen molar-refractivity contribution >= 4 is 11.6 Å². The zero-order chi connectivity index (χ0) is 11.9. The van der Waals surface area contributed by atoms with Crippen LogP contribution < -0.4 is 5.73 Å². The van der Waals surface area contributed by atoms with Crippen LogP contribution in [-0.2, 0) is 0 Å². The Balaban J connectivity index is 2.20. The van der Waals surface area contributed by atoms with E-state index < -0.39 is 30.7 Å². The molecule has 1 amide bonds. The van der Waals surface area contributed by atoms with E-state index in [1.165, 1.54) is 18.2 Å². The number of hydrogen-bond donors (Lipinski definition) is 1. The number of carbonyl (C=O) groups excluding carboxylic acids is 1. The Morgan fingerprint density at radius 1 is 1.38 bits per heavy atom. The maximum atomic E-state index is 13.4. The van der Waals surface area contributed by atoms with Crippen LogP contribution in [0.1, 0.15) is 10.4 Å². The summed E-state index contributed by atoms with van der Waals surface area (Å²) in [6.07, 6.45) is 0. The molecule has 2 N–H and O–H groups in total. The Hall–Kier alpha value is -1.72. The van der Waals surface area contributed by atoms with Crippen LogP contribution in [0.3, 0.4) is 0 Å². The molecule has 0 aromatic heterocycles. The highest BCUT2D eigenvalue weighted by Gasteiger charge is 2.46. The molecule has 3 nitrogen and oxygen atoms in total. The minimum absolute atomic E-state index is 0.168. The Kier molecular flexibility index (Phi) is 2.29. The minimum Gasteiger partial charge on any atom is -0.396 e. The summed E-state index contributed by atoms with van der Waals surface area (Å²) in [5.41, 5.74) is 4.84. The second kappa shape index (κ2) is 3.40. The van der Waals surface area contributed by atoms with Crippen molar-refractivity contribution in [2.45, 2.75) is 5.92 Å². The number of nitrogens with zero attached hydrogens (tertiary/aromatic N) is 1. The van der Waals surface area contributed by atoms with E-state index in [2.05, 4.69) is 0 Å². The molecule has 0 aliphatic carbocycles. The van der Waals surface area contributed by atoms with Gasteiger partial charge < -0.3 is 10.6 Å². The van der Waals surface area contributed by atoms with Crippen molar-refractivity contribution in [2.75, 3.05) is 18.8 Å².